The van der Waals surface area contributed by atoms with Crippen LogP contribution in [-0.2, 0) is 0 Å². The van der Waals surface area contributed by atoms with Crippen molar-refractivity contribution >= 4 is 50.3 Å². The molecule has 2 aromatic heterocycles. The van der Waals surface area contributed by atoms with Crippen LogP contribution >= 0.6 is 44.1 Å². The lowest BCUT2D eigenvalue weighted by molar-refractivity contribution is 0.471. The molecule has 0 spiro atoms. The van der Waals surface area contributed by atoms with Gasteiger partial charge in [0.15, 0.2) is 5.76 Å². The molecule has 0 saturated carbocycles. The Morgan fingerprint density at radius 2 is 2.23 bits per heavy atom. The van der Waals surface area contributed by atoms with Crippen molar-refractivity contribution in [3.63, 3.8) is 0 Å². The molecular formula is C13H8Br2N4O2S. The summed E-state index contributed by atoms with van der Waals surface area (Å²) < 4.78 is 8.40. The lowest BCUT2D eigenvalue weighted by atomic mass is 10.2. The van der Waals surface area contributed by atoms with E-state index >= 15 is 0 Å². The highest BCUT2D eigenvalue weighted by Gasteiger charge is 2.11. The Morgan fingerprint density at radius 1 is 1.41 bits per heavy atom. The van der Waals surface area contributed by atoms with E-state index < -0.39 is 0 Å². The minimum absolute atomic E-state index is 0.0847. The maximum Gasteiger partial charge on any atom is 0.219 e. The summed E-state index contributed by atoms with van der Waals surface area (Å²) in [7, 11) is 0. The van der Waals surface area contributed by atoms with Gasteiger partial charge in [-0.1, -0.05) is 15.9 Å². The minimum atomic E-state index is 0.0847. The number of hydrogen-bond donors (Lipinski definition) is 2. The van der Waals surface area contributed by atoms with Crippen LogP contribution in [0.2, 0.25) is 0 Å². The number of aromatic hydroxyl groups is 1. The summed E-state index contributed by atoms with van der Waals surface area (Å²) in [6.45, 7) is 0. The van der Waals surface area contributed by atoms with E-state index in [2.05, 4.69) is 47.2 Å². The van der Waals surface area contributed by atoms with Crippen molar-refractivity contribution in [1.82, 2.24) is 14.9 Å². The summed E-state index contributed by atoms with van der Waals surface area (Å²) in [5.41, 5.74) is 0.523. The maximum atomic E-state index is 10.0. The Kier molecular flexibility index (Phi) is 4.27. The molecule has 0 aliphatic heterocycles. The van der Waals surface area contributed by atoms with Crippen molar-refractivity contribution in [3.8, 4) is 17.3 Å². The average Bonchev–Trinajstić information content (AvgIpc) is 3.11. The second-order valence-corrected chi connectivity index (χ2v) is 6.37. The van der Waals surface area contributed by atoms with Gasteiger partial charge in [-0.15, -0.1) is 5.10 Å². The summed E-state index contributed by atoms with van der Waals surface area (Å²) in [6, 6.07) is 6.98. The van der Waals surface area contributed by atoms with E-state index in [0.29, 0.717) is 26.4 Å². The van der Waals surface area contributed by atoms with Gasteiger partial charge in [0.05, 0.1) is 17.0 Å². The molecule has 6 nitrogen and oxygen atoms in total. The van der Waals surface area contributed by atoms with Crippen molar-refractivity contribution in [1.29, 1.82) is 0 Å². The monoisotopic (exact) mass is 442 g/mol. The third-order valence-electron chi connectivity index (χ3n) is 2.76. The van der Waals surface area contributed by atoms with Crippen LogP contribution in [-0.4, -0.2) is 26.2 Å². The molecule has 0 fully saturated rings. The Morgan fingerprint density at radius 3 is 2.95 bits per heavy atom. The summed E-state index contributed by atoms with van der Waals surface area (Å²) in [6.07, 6.45) is 3.03. The summed E-state index contributed by atoms with van der Waals surface area (Å²) >= 11 is 11.8. The van der Waals surface area contributed by atoms with Crippen LogP contribution in [0, 0.1) is 4.77 Å². The lowest BCUT2D eigenvalue weighted by Crippen LogP contribution is -1.95. The van der Waals surface area contributed by atoms with Gasteiger partial charge in [-0.3, -0.25) is 0 Å². The van der Waals surface area contributed by atoms with Gasteiger partial charge in [0, 0.05) is 10.0 Å². The van der Waals surface area contributed by atoms with Gasteiger partial charge in [0.1, 0.15) is 5.75 Å². The zero-order chi connectivity index (χ0) is 15.7. The van der Waals surface area contributed by atoms with Crippen molar-refractivity contribution < 1.29 is 9.52 Å². The number of phenols is 1. The van der Waals surface area contributed by atoms with Gasteiger partial charge in [-0.25, -0.2) is 5.10 Å². The number of phenolic OH excluding ortho intramolecular Hbond substituents is 1. The number of benzene rings is 1. The van der Waals surface area contributed by atoms with E-state index in [1.165, 1.54) is 10.9 Å². The van der Waals surface area contributed by atoms with Gasteiger partial charge in [0.2, 0.25) is 10.6 Å². The quantitative estimate of drug-likeness (QED) is 0.466. The SMILES string of the molecule is Oc1c(Br)cc(Br)cc1/C=N\n1c(-c2ccco2)n[nH]c1=S. The number of aromatic nitrogens is 3. The number of nitrogens with one attached hydrogen (secondary N) is 1. The largest absolute Gasteiger partial charge is 0.506 e. The lowest BCUT2D eigenvalue weighted by Gasteiger charge is -2.03. The molecular weight excluding hydrogens is 436 g/mol. The third-order valence-corrected chi connectivity index (χ3v) is 4.09. The van der Waals surface area contributed by atoms with Gasteiger partial charge in [0.25, 0.3) is 0 Å². The van der Waals surface area contributed by atoms with Crippen molar-refractivity contribution in [3.05, 3.63) is 49.8 Å². The topological polar surface area (TPSA) is 79.3 Å². The number of rotatable bonds is 3. The first kappa shape index (κ1) is 15.2. The molecule has 0 atom stereocenters. The molecule has 3 rings (SSSR count). The Hall–Kier alpha value is -1.71. The highest BCUT2D eigenvalue weighted by atomic mass is 79.9. The number of hydrogen-bond acceptors (Lipinski definition) is 5. The van der Waals surface area contributed by atoms with Crippen molar-refractivity contribution in [2.75, 3.05) is 0 Å². The number of halogens is 2. The van der Waals surface area contributed by atoms with Gasteiger partial charge >= 0.3 is 0 Å². The van der Waals surface area contributed by atoms with Crippen LogP contribution in [0.4, 0.5) is 0 Å². The highest BCUT2D eigenvalue weighted by Crippen LogP contribution is 2.30. The number of H-pyrrole nitrogens is 1. The predicted molar refractivity (Wildman–Crippen MR) is 91.6 cm³/mol. The first-order chi connectivity index (χ1) is 10.6. The van der Waals surface area contributed by atoms with E-state index in [1.54, 1.807) is 30.5 Å². The number of furan rings is 1. The third kappa shape index (κ3) is 2.92. The van der Waals surface area contributed by atoms with E-state index in [1.807, 2.05) is 0 Å². The van der Waals surface area contributed by atoms with Crippen LogP contribution in [0.3, 0.4) is 0 Å². The summed E-state index contributed by atoms with van der Waals surface area (Å²) in [5, 5.41) is 21.0. The van der Waals surface area contributed by atoms with Gasteiger partial charge in [-0.2, -0.15) is 9.78 Å². The second kappa shape index (κ2) is 6.19. The first-order valence-electron chi connectivity index (χ1n) is 6.00. The molecule has 2 heterocycles. The molecule has 0 amide bonds. The van der Waals surface area contributed by atoms with E-state index in [-0.39, 0.29) is 5.75 Å². The highest BCUT2D eigenvalue weighted by molar-refractivity contribution is 9.11. The zero-order valence-electron chi connectivity index (χ0n) is 10.8. The fraction of sp³-hybridized carbons (Fsp3) is 0. The summed E-state index contributed by atoms with van der Waals surface area (Å²) in [4.78, 5) is 0. The van der Waals surface area contributed by atoms with Crippen LogP contribution < -0.4 is 0 Å². The zero-order valence-corrected chi connectivity index (χ0v) is 14.8. The molecule has 9 heteroatoms. The Bertz CT molecular complexity index is 899. The van der Waals surface area contributed by atoms with Crippen LogP contribution in [0.5, 0.6) is 5.75 Å². The molecule has 0 radical (unpaired) electrons. The van der Waals surface area contributed by atoms with Crippen molar-refractivity contribution in [2.45, 2.75) is 0 Å². The van der Waals surface area contributed by atoms with E-state index in [0.717, 1.165) is 4.47 Å². The van der Waals surface area contributed by atoms with Crippen LogP contribution in [0.1, 0.15) is 5.56 Å². The van der Waals surface area contributed by atoms with E-state index in [4.69, 9.17) is 16.6 Å². The average molecular weight is 444 g/mol. The Labute approximate surface area is 146 Å². The van der Waals surface area contributed by atoms with Crippen molar-refractivity contribution in [2.24, 2.45) is 5.10 Å². The standard InChI is InChI=1S/C13H8Br2N4O2S/c14-8-4-7(11(20)9(15)5-8)6-16-19-12(17-18-13(19)22)10-2-1-3-21-10/h1-6,20H,(H,18,22)/b16-6-. The van der Waals surface area contributed by atoms with Crippen LogP contribution in [0.25, 0.3) is 11.6 Å². The molecule has 22 heavy (non-hydrogen) atoms. The normalized spacial score (nSPS) is 11.4. The molecule has 0 unspecified atom stereocenters. The molecule has 0 aliphatic rings. The van der Waals surface area contributed by atoms with Gasteiger partial charge in [-0.05, 0) is 52.4 Å². The maximum absolute atomic E-state index is 10.0. The molecule has 112 valence electrons. The first-order valence-corrected chi connectivity index (χ1v) is 7.99. The molecule has 1 aromatic carbocycles. The minimum Gasteiger partial charge on any atom is -0.506 e. The fourth-order valence-electron chi connectivity index (χ4n) is 1.77. The molecule has 0 aliphatic carbocycles. The molecule has 0 saturated heterocycles. The van der Waals surface area contributed by atoms with Gasteiger partial charge < -0.3 is 9.52 Å². The van der Waals surface area contributed by atoms with Crippen LogP contribution in [0.15, 0.2) is 49.0 Å². The predicted octanol–water partition coefficient (Wildman–Crippen LogP) is 4.31. The Balaban J connectivity index is 2.04. The second-order valence-electron chi connectivity index (χ2n) is 4.21. The summed E-state index contributed by atoms with van der Waals surface area (Å²) in [5.74, 6) is 1.06. The smallest absolute Gasteiger partial charge is 0.219 e. The van der Waals surface area contributed by atoms with E-state index in [9.17, 15) is 5.11 Å². The molecule has 0 bridgehead atoms. The fourth-order valence-corrected chi connectivity index (χ4v) is 3.21. The molecule has 2 N–H and O–H groups in total. The molecule has 3 aromatic rings. The number of aromatic amines is 1. The number of nitrogens with zero attached hydrogens (tertiary/aromatic N) is 3.